The van der Waals surface area contributed by atoms with E-state index in [-0.39, 0.29) is 0 Å². The zero-order chi connectivity index (χ0) is 12.4. The molecule has 0 aromatic heterocycles. The van der Waals surface area contributed by atoms with Crippen molar-refractivity contribution in [1.29, 1.82) is 0 Å². The van der Waals surface area contributed by atoms with Gasteiger partial charge in [0.2, 0.25) is 0 Å². The van der Waals surface area contributed by atoms with Gasteiger partial charge < -0.3 is 10.6 Å². The van der Waals surface area contributed by atoms with Crippen LogP contribution < -0.4 is 5.73 Å². The highest BCUT2D eigenvalue weighted by molar-refractivity contribution is 4.97. The van der Waals surface area contributed by atoms with Crippen LogP contribution in [0.4, 0.5) is 0 Å². The van der Waals surface area contributed by atoms with Crippen LogP contribution in [-0.4, -0.2) is 55.1 Å². The van der Waals surface area contributed by atoms with Gasteiger partial charge in [0.25, 0.3) is 0 Å². The second-order valence-electron chi connectivity index (χ2n) is 6.81. The van der Waals surface area contributed by atoms with Gasteiger partial charge in [0.05, 0.1) is 0 Å². The summed E-state index contributed by atoms with van der Waals surface area (Å²) < 4.78 is 0. The molecule has 3 nitrogen and oxygen atoms in total. The first kappa shape index (κ1) is 12.9. The van der Waals surface area contributed by atoms with E-state index < -0.39 is 0 Å². The molecule has 0 radical (unpaired) electrons. The highest BCUT2D eigenvalue weighted by atomic mass is 15.3. The van der Waals surface area contributed by atoms with Gasteiger partial charge in [-0.3, -0.25) is 4.90 Å². The maximum absolute atomic E-state index is 5.75. The molecule has 3 aliphatic rings. The van der Waals surface area contributed by atoms with Gasteiger partial charge in [-0.2, -0.15) is 0 Å². The molecule has 0 amide bonds. The molecular weight excluding hydrogens is 222 g/mol. The molecule has 1 aliphatic carbocycles. The van der Waals surface area contributed by atoms with Crippen molar-refractivity contribution in [2.75, 3.05) is 39.3 Å². The Morgan fingerprint density at radius 2 is 1.83 bits per heavy atom. The molecule has 0 aromatic carbocycles. The Morgan fingerprint density at radius 1 is 1.06 bits per heavy atom. The van der Waals surface area contributed by atoms with E-state index in [0.29, 0.717) is 5.41 Å². The average molecular weight is 251 g/mol. The van der Waals surface area contributed by atoms with Crippen molar-refractivity contribution in [3.63, 3.8) is 0 Å². The highest BCUT2D eigenvalue weighted by Gasteiger charge is 2.44. The molecule has 104 valence electrons. The molecule has 2 aliphatic heterocycles. The van der Waals surface area contributed by atoms with E-state index in [1.165, 1.54) is 77.7 Å². The Bertz CT molecular complexity index is 269. The topological polar surface area (TPSA) is 32.5 Å². The zero-order valence-electron chi connectivity index (χ0n) is 11.7. The molecule has 3 fully saturated rings. The van der Waals surface area contributed by atoms with Crippen molar-refractivity contribution >= 4 is 0 Å². The van der Waals surface area contributed by atoms with Crippen molar-refractivity contribution in [3.05, 3.63) is 0 Å². The summed E-state index contributed by atoms with van der Waals surface area (Å²) in [6.45, 7) is 7.57. The van der Waals surface area contributed by atoms with Crippen LogP contribution >= 0.6 is 0 Å². The maximum atomic E-state index is 5.75. The summed E-state index contributed by atoms with van der Waals surface area (Å²) in [5.74, 6) is 0. The molecule has 1 unspecified atom stereocenters. The Labute approximate surface area is 112 Å². The van der Waals surface area contributed by atoms with Gasteiger partial charge in [0.15, 0.2) is 0 Å². The van der Waals surface area contributed by atoms with Crippen LogP contribution in [0.5, 0.6) is 0 Å². The fraction of sp³-hybridized carbons (Fsp3) is 1.00. The predicted octanol–water partition coefficient (Wildman–Crippen LogP) is 1.68. The minimum Gasteiger partial charge on any atom is -0.330 e. The molecule has 2 N–H and O–H groups in total. The van der Waals surface area contributed by atoms with Crippen molar-refractivity contribution in [2.45, 2.75) is 51.0 Å². The number of likely N-dealkylation sites (tertiary alicyclic amines) is 2. The SMILES string of the molecule is NCCC1(CN2CCC(N3CCCCC3)C2)CC1. The molecule has 1 saturated carbocycles. The average Bonchev–Trinajstić information content (AvgIpc) is 2.99. The summed E-state index contributed by atoms with van der Waals surface area (Å²) in [5.41, 5.74) is 6.38. The Balaban J connectivity index is 1.46. The third kappa shape index (κ3) is 2.89. The van der Waals surface area contributed by atoms with Crippen LogP contribution in [-0.2, 0) is 0 Å². The summed E-state index contributed by atoms with van der Waals surface area (Å²) in [4.78, 5) is 5.48. The lowest BCUT2D eigenvalue weighted by Crippen LogP contribution is -2.41. The summed E-state index contributed by atoms with van der Waals surface area (Å²) in [7, 11) is 0. The number of nitrogens with zero attached hydrogens (tertiary/aromatic N) is 2. The van der Waals surface area contributed by atoms with Crippen molar-refractivity contribution in [1.82, 2.24) is 9.80 Å². The van der Waals surface area contributed by atoms with Gasteiger partial charge in [0, 0.05) is 19.1 Å². The number of hydrogen-bond donors (Lipinski definition) is 1. The van der Waals surface area contributed by atoms with E-state index in [9.17, 15) is 0 Å². The van der Waals surface area contributed by atoms with E-state index in [4.69, 9.17) is 5.73 Å². The van der Waals surface area contributed by atoms with E-state index >= 15 is 0 Å². The molecule has 1 atom stereocenters. The van der Waals surface area contributed by atoms with E-state index in [1.807, 2.05) is 0 Å². The van der Waals surface area contributed by atoms with Gasteiger partial charge in [0.1, 0.15) is 0 Å². The summed E-state index contributed by atoms with van der Waals surface area (Å²) in [5, 5.41) is 0. The molecule has 3 heteroatoms. The van der Waals surface area contributed by atoms with E-state index in [0.717, 1.165) is 12.6 Å². The number of piperidine rings is 1. The van der Waals surface area contributed by atoms with Gasteiger partial charge in [-0.25, -0.2) is 0 Å². The fourth-order valence-corrected chi connectivity index (χ4v) is 3.98. The van der Waals surface area contributed by atoms with Crippen LogP contribution in [0.25, 0.3) is 0 Å². The summed E-state index contributed by atoms with van der Waals surface area (Å²) in [6.07, 6.45) is 9.80. The van der Waals surface area contributed by atoms with Gasteiger partial charge in [-0.05, 0) is 70.1 Å². The van der Waals surface area contributed by atoms with Crippen LogP contribution in [0.2, 0.25) is 0 Å². The lowest BCUT2D eigenvalue weighted by molar-refractivity contribution is 0.156. The standard InChI is InChI=1S/C15H29N3/c16-8-7-15(5-6-15)13-17-11-4-14(12-17)18-9-2-1-3-10-18/h14H,1-13,16H2. The number of rotatable bonds is 5. The summed E-state index contributed by atoms with van der Waals surface area (Å²) in [6, 6.07) is 0.860. The molecule has 0 aromatic rings. The van der Waals surface area contributed by atoms with Crippen LogP contribution in [0.1, 0.15) is 44.9 Å². The van der Waals surface area contributed by atoms with Crippen molar-refractivity contribution in [3.8, 4) is 0 Å². The largest absolute Gasteiger partial charge is 0.330 e. The molecule has 18 heavy (non-hydrogen) atoms. The third-order valence-corrected chi connectivity index (χ3v) is 5.35. The second kappa shape index (κ2) is 5.48. The Morgan fingerprint density at radius 3 is 2.50 bits per heavy atom. The second-order valence-corrected chi connectivity index (χ2v) is 6.81. The van der Waals surface area contributed by atoms with E-state index in [2.05, 4.69) is 9.80 Å². The van der Waals surface area contributed by atoms with Gasteiger partial charge in [-0.15, -0.1) is 0 Å². The zero-order valence-corrected chi connectivity index (χ0v) is 11.7. The first-order valence-corrected chi connectivity index (χ1v) is 7.98. The lowest BCUT2D eigenvalue weighted by atomic mass is 10.0. The molecule has 0 bridgehead atoms. The van der Waals surface area contributed by atoms with Crippen LogP contribution in [0.15, 0.2) is 0 Å². The molecular formula is C15H29N3. The lowest BCUT2D eigenvalue weighted by Gasteiger charge is -2.32. The van der Waals surface area contributed by atoms with Crippen LogP contribution in [0, 0.1) is 5.41 Å². The smallest absolute Gasteiger partial charge is 0.0235 e. The number of hydrogen-bond acceptors (Lipinski definition) is 3. The molecule has 2 heterocycles. The quantitative estimate of drug-likeness (QED) is 0.807. The fourth-order valence-electron chi connectivity index (χ4n) is 3.98. The van der Waals surface area contributed by atoms with Gasteiger partial charge in [-0.1, -0.05) is 6.42 Å². The summed E-state index contributed by atoms with van der Waals surface area (Å²) >= 11 is 0. The maximum Gasteiger partial charge on any atom is 0.0235 e. The molecule has 2 saturated heterocycles. The molecule has 0 spiro atoms. The van der Waals surface area contributed by atoms with Gasteiger partial charge >= 0.3 is 0 Å². The number of nitrogens with two attached hydrogens (primary N) is 1. The van der Waals surface area contributed by atoms with Crippen molar-refractivity contribution in [2.24, 2.45) is 11.1 Å². The monoisotopic (exact) mass is 251 g/mol. The first-order valence-electron chi connectivity index (χ1n) is 7.98. The predicted molar refractivity (Wildman–Crippen MR) is 75.6 cm³/mol. The van der Waals surface area contributed by atoms with Crippen molar-refractivity contribution < 1.29 is 0 Å². The Kier molecular flexibility index (Phi) is 3.92. The Hall–Kier alpha value is -0.120. The normalized spacial score (nSPS) is 32.8. The first-order chi connectivity index (χ1) is 8.81. The minimum atomic E-state index is 0.630. The van der Waals surface area contributed by atoms with E-state index in [1.54, 1.807) is 0 Å². The third-order valence-electron chi connectivity index (χ3n) is 5.35. The minimum absolute atomic E-state index is 0.630. The molecule has 3 rings (SSSR count). The highest BCUT2D eigenvalue weighted by Crippen LogP contribution is 2.49. The van der Waals surface area contributed by atoms with Crippen LogP contribution in [0.3, 0.4) is 0 Å².